The molecule has 1 aliphatic heterocycles. The number of nitrogens with zero attached hydrogens (tertiary/aromatic N) is 1. The van der Waals surface area contributed by atoms with Crippen molar-refractivity contribution in [2.45, 2.75) is 57.4 Å². The number of piperidine rings is 1. The smallest absolute Gasteiger partial charge is 0.0120 e. The molecule has 1 unspecified atom stereocenters. The topological polar surface area (TPSA) is 15.3 Å². The number of aryl methyl sites for hydroxylation is 1. The van der Waals surface area contributed by atoms with Crippen molar-refractivity contribution in [2.24, 2.45) is 0 Å². The summed E-state index contributed by atoms with van der Waals surface area (Å²) in [4.78, 5) is 2.80. The van der Waals surface area contributed by atoms with Crippen LogP contribution >= 0.6 is 0 Å². The van der Waals surface area contributed by atoms with Gasteiger partial charge in [-0.2, -0.15) is 0 Å². The van der Waals surface area contributed by atoms with Crippen LogP contribution in [0.5, 0.6) is 0 Å². The standard InChI is InChI=1S/C19H30N2/c1-2-14-21(18-10-12-20-13-11-18)15-17-8-5-7-16-6-3-4-9-19(16)17/h3-4,6,9,17-18,20H,2,5,7-8,10-15H2,1H3. The highest BCUT2D eigenvalue weighted by atomic mass is 15.2. The summed E-state index contributed by atoms with van der Waals surface area (Å²) < 4.78 is 0. The molecule has 2 nitrogen and oxygen atoms in total. The number of benzene rings is 1. The van der Waals surface area contributed by atoms with Gasteiger partial charge in [-0.15, -0.1) is 0 Å². The Morgan fingerprint density at radius 2 is 1.95 bits per heavy atom. The molecule has 0 radical (unpaired) electrons. The fraction of sp³-hybridized carbons (Fsp3) is 0.684. The van der Waals surface area contributed by atoms with Crippen molar-refractivity contribution in [3.05, 3.63) is 35.4 Å². The molecule has 21 heavy (non-hydrogen) atoms. The first-order valence-electron chi connectivity index (χ1n) is 8.91. The minimum atomic E-state index is 0.761. The van der Waals surface area contributed by atoms with Gasteiger partial charge in [0.15, 0.2) is 0 Å². The summed E-state index contributed by atoms with van der Waals surface area (Å²) in [5.41, 5.74) is 3.24. The molecule has 0 saturated carbocycles. The maximum atomic E-state index is 3.50. The van der Waals surface area contributed by atoms with Crippen LogP contribution in [0.4, 0.5) is 0 Å². The van der Waals surface area contributed by atoms with Crippen molar-refractivity contribution in [3.8, 4) is 0 Å². The lowest BCUT2D eigenvalue weighted by atomic mass is 9.82. The van der Waals surface area contributed by atoms with E-state index in [4.69, 9.17) is 0 Å². The molecule has 1 atom stereocenters. The summed E-state index contributed by atoms with van der Waals surface area (Å²) in [6, 6.07) is 9.96. The SMILES string of the molecule is CCCN(CC1CCCc2ccccc21)C1CCNCC1. The van der Waals surface area contributed by atoms with E-state index in [0.717, 1.165) is 12.0 Å². The Kier molecular flexibility index (Phi) is 5.32. The molecular weight excluding hydrogens is 256 g/mol. The van der Waals surface area contributed by atoms with Gasteiger partial charge in [0, 0.05) is 12.6 Å². The largest absolute Gasteiger partial charge is 0.317 e. The van der Waals surface area contributed by atoms with Crippen molar-refractivity contribution in [2.75, 3.05) is 26.2 Å². The molecule has 1 aromatic carbocycles. The Morgan fingerprint density at radius 3 is 2.76 bits per heavy atom. The number of hydrogen-bond acceptors (Lipinski definition) is 2. The van der Waals surface area contributed by atoms with Crippen molar-refractivity contribution in [1.82, 2.24) is 10.2 Å². The van der Waals surface area contributed by atoms with Gasteiger partial charge in [-0.25, -0.2) is 0 Å². The Morgan fingerprint density at radius 1 is 1.14 bits per heavy atom. The highest BCUT2D eigenvalue weighted by Crippen LogP contribution is 2.33. The molecular formula is C19H30N2. The van der Waals surface area contributed by atoms with Gasteiger partial charge < -0.3 is 5.32 Å². The summed E-state index contributed by atoms with van der Waals surface area (Å²) in [7, 11) is 0. The second kappa shape index (κ2) is 7.42. The van der Waals surface area contributed by atoms with Crippen molar-refractivity contribution >= 4 is 0 Å². The molecule has 0 bridgehead atoms. The molecule has 1 fully saturated rings. The molecule has 1 heterocycles. The van der Waals surface area contributed by atoms with Crippen LogP contribution in [-0.4, -0.2) is 37.1 Å². The summed E-state index contributed by atoms with van der Waals surface area (Å²) in [5, 5.41) is 3.50. The maximum Gasteiger partial charge on any atom is 0.0120 e. The van der Waals surface area contributed by atoms with Gasteiger partial charge in [-0.3, -0.25) is 4.90 Å². The quantitative estimate of drug-likeness (QED) is 0.890. The minimum absolute atomic E-state index is 0.761. The first-order chi connectivity index (χ1) is 10.4. The highest BCUT2D eigenvalue weighted by molar-refractivity contribution is 5.32. The van der Waals surface area contributed by atoms with E-state index in [1.807, 2.05) is 0 Å². The Labute approximate surface area is 129 Å². The minimum Gasteiger partial charge on any atom is -0.317 e. The summed E-state index contributed by atoms with van der Waals surface area (Å²) >= 11 is 0. The van der Waals surface area contributed by atoms with E-state index in [0.29, 0.717) is 0 Å². The fourth-order valence-electron chi connectivity index (χ4n) is 4.21. The van der Waals surface area contributed by atoms with E-state index in [1.165, 1.54) is 64.7 Å². The Balaban J connectivity index is 1.71. The Hall–Kier alpha value is -0.860. The summed E-state index contributed by atoms with van der Waals surface area (Å²) in [5.74, 6) is 0.761. The third kappa shape index (κ3) is 3.67. The predicted molar refractivity (Wildman–Crippen MR) is 89.9 cm³/mol. The zero-order valence-corrected chi connectivity index (χ0v) is 13.5. The molecule has 1 saturated heterocycles. The molecule has 1 N–H and O–H groups in total. The monoisotopic (exact) mass is 286 g/mol. The maximum absolute atomic E-state index is 3.50. The van der Waals surface area contributed by atoms with E-state index in [-0.39, 0.29) is 0 Å². The van der Waals surface area contributed by atoms with Crippen LogP contribution in [0.2, 0.25) is 0 Å². The zero-order chi connectivity index (χ0) is 14.5. The average molecular weight is 286 g/mol. The van der Waals surface area contributed by atoms with E-state index in [2.05, 4.69) is 41.4 Å². The van der Waals surface area contributed by atoms with Gasteiger partial charge in [-0.05, 0) is 75.2 Å². The average Bonchev–Trinajstić information content (AvgIpc) is 2.55. The summed E-state index contributed by atoms with van der Waals surface area (Å²) in [6.07, 6.45) is 7.96. The molecule has 2 heteroatoms. The second-order valence-corrected chi connectivity index (χ2v) is 6.76. The number of rotatable bonds is 5. The normalized spacial score (nSPS) is 23.2. The van der Waals surface area contributed by atoms with Crippen molar-refractivity contribution in [1.29, 1.82) is 0 Å². The first kappa shape index (κ1) is 15.1. The van der Waals surface area contributed by atoms with Crippen molar-refractivity contribution in [3.63, 3.8) is 0 Å². The molecule has 116 valence electrons. The Bertz CT molecular complexity index is 437. The lowest BCUT2D eigenvalue weighted by Crippen LogP contribution is -2.45. The fourth-order valence-corrected chi connectivity index (χ4v) is 4.21. The van der Waals surface area contributed by atoms with E-state index < -0.39 is 0 Å². The second-order valence-electron chi connectivity index (χ2n) is 6.76. The molecule has 1 aromatic rings. The van der Waals surface area contributed by atoms with Gasteiger partial charge >= 0.3 is 0 Å². The third-order valence-corrected chi connectivity index (χ3v) is 5.28. The molecule has 1 aliphatic carbocycles. The zero-order valence-electron chi connectivity index (χ0n) is 13.5. The lowest BCUT2D eigenvalue weighted by molar-refractivity contribution is 0.149. The van der Waals surface area contributed by atoms with Crippen LogP contribution in [0.15, 0.2) is 24.3 Å². The van der Waals surface area contributed by atoms with Crippen LogP contribution in [-0.2, 0) is 6.42 Å². The van der Waals surface area contributed by atoms with Crippen LogP contribution in [0, 0.1) is 0 Å². The van der Waals surface area contributed by atoms with Crippen LogP contribution < -0.4 is 5.32 Å². The summed E-state index contributed by atoms with van der Waals surface area (Å²) in [6.45, 7) is 7.26. The van der Waals surface area contributed by atoms with Crippen LogP contribution in [0.25, 0.3) is 0 Å². The molecule has 2 aliphatic rings. The van der Waals surface area contributed by atoms with Gasteiger partial charge in [0.2, 0.25) is 0 Å². The third-order valence-electron chi connectivity index (χ3n) is 5.28. The molecule has 3 rings (SSSR count). The van der Waals surface area contributed by atoms with Crippen molar-refractivity contribution < 1.29 is 0 Å². The van der Waals surface area contributed by atoms with Gasteiger partial charge in [0.1, 0.15) is 0 Å². The van der Waals surface area contributed by atoms with Gasteiger partial charge in [0.05, 0.1) is 0 Å². The van der Waals surface area contributed by atoms with E-state index in [1.54, 1.807) is 11.1 Å². The molecule has 0 spiro atoms. The number of fused-ring (bicyclic) bond motifs is 1. The van der Waals surface area contributed by atoms with Gasteiger partial charge in [-0.1, -0.05) is 31.2 Å². The molecule has 0 amide bonds. The highest BCUT2D eigenvalue weighted by Gasteiger charge is 2.26. The first-order valence-corrected chi connectivity index (χ1v) is 8.91. The number of hydrogen-bond donors (Lipinski definition) is 1. The van der Waals surface area contributed by atoms with Gasteiger partial charge in [0.25, 0.3) is 0 Å². The van der Waals surface area contributed by atoms with Crippen LogP contribution in [0.1, 0.15) is 56.1 Å². The predicted octanol–water partition coefficient (Wildman–Crippen LogP) is 3.57. The number of nitrogens with one attached hydrogen (secondary N) is 1. The van der Waals surface area contributed by atoms with Crippen LogP contribution in [0.3, 0.4) is 0 Å². The molecule has 0 aromatic heterocycles. The van der Waals surface area contributed by atoms with E-state index in [9.17, 15) is 0 Å². The lowest BCUT2D eigenvalue weighted by Gasteiger charge is -2.38. The van der Waals surface area contributed by atoms with E-state index >= 15 is 0 Å².